The standard InChI is InChI=1S/C33H32N4O3/c38-32(31-12-6-10-27-9-4-5-11-30(27)31)28-15-16-35(21-28)22-29-19-34-24-37(29)20-25-13-17-36(18-14-25)33(39)40-23-26-7-2-1-3-8-26/h1-12,15-16,19,21,24-25H,13-14,17-18,20,22-23H2. The van der Waals surface area contributed by atoms with Crippen LogP contribution in [0.25, 0.3) is 10.8 Å². The Balaban J connectivity index is 1.04. The van der Waals surface area contributed by atoms with Gasteiger partial charge < -0.3 is 18.8 Å². The third-order valence-electron chi connectivity index (χ3n) is 7.72. The van der Waals surface area contributed by atoms with E-state index in [-0.39, 0.29) is 11.9 Å². The minimum Gasteiger partial charge on any atom is -0.445 e. The number of carbonyl (C=O) groups excluding carboxylic acids is 2. The van der Waals surface area contributed by atoms with Crippen LogP contribution in [0.3, 0.4) is 0 Å². The van der Waals surface area contributed by atoms with E-state index in [1.807, 2.05) is 113 Å². The molecule has 1 aliphatic rings. The van der Waals surface area contributed by atoms with Gasteiger partial charge in [0.2, 0.25) is 0 Å². The van der Waals surface area contributed by atoms with Gasteiger partial charge in [0, 0.05) is 49.4 Å². The molecule has 3 heterocycles. The normalized spacial score (nSPS) is 13.9. The fourth-order valence-corrected chi connectivity index (χ4v) is 5.47. The molecule has 202 valence electrons. The second-order valence-electron chi connectivity index (χ2n) is 10.4. The SMILES string of the molecule is O=C(c1ccn(Cc2cncn2CC2CCN(C(=O)OCc3ccccc3)CC2)c1)c1cccc2ccccc12. The van der Waals surface area contributed by atoms with Gasteiger partial charge in [-0.3, -0.25) is 4.79 Å². The highest BCUT2D eigenvalue weighted by Gasteiger charge is 2.24. The molecule has 6 rings (SSSR count). The lowest BCUT2D eigenvalue weighted by Crippen LogP contribution is -2.39. The van der Waals surface area contributed by atoms with Crippen molar-refractivity contribution >= 4 is 22.6 Å². The average Bonchev–Trinajstić information content (AvgIpc) is 3.66. The molecule has 0 bridgehead atoms. The summed E-state index contributed by atoms with van der Waals surface area (Å²) < 4.78 is 9.74. The van der Waals surface area contributed by atoms with Crippen LogP contribution in [-0.2, 0) is 24.4 Å². The highest BCUT2D eigenvalue weighted by atomic mass is 16.6. The predicted molar refractivity (Wildman–Crippen MR) is 154 cm³/mol. The molecule has 2 aromatic heterocycles. The summed E-state index contributed by atoms with van der Waals surface area (Å²) in [5.41, 5.74) is 3.47. The van der Waals surface area contributed by atoms with Gasteiger partial charge >= 0.3 is 6.09 Å². The highest BCUT2D eigenvalue weighted by molar-refractivity contribution is 6.16. The van der Waals surface area contributed by atoms with Gasteiger partial charge in [-0.15, -0.1) is 0 Å². The van der Waals surface area contributed by atoms with Crippen LogP contribution >= 0.6 is 0 Å². The van der Waals surface area contributed by atoms with E-state index in [1.54, 1.807) is 0 Å². The molecular formula is C33H32N4O3. The molecule has 5 aromatic rings. The number of ketones is 1. The van der Waals surface area contributed by atoms with E-state index < -0.39 is 0 Å². The number of rotatable bonds is 8. The minimum atomic E-state index is -0.243. The van der Waals surface area contributed by atoms with Crippen molar-refractivity contribution in [2.45, 2.75) is 32.5 Å². The van der Waals surface area contributed by atoms with E-state index in [9.17, 15) is 9.59 Å². The topological polar surface area (TPSA) is 69.4 Å². The van der Waals surface area contributed by atoms with E-state index in [1.165, 1.54) is 0 Å². The van der Waals surface area contributed by atoms with Crippen LogP contribution in [0.15, 0.2) is 104 Å². The Hall–Kier alpha value is -4.65. The summed E-state index contributed by atoms with van der Waals surface area (Å²) in [6.45, 7) is 3.17. The maximum absolute atomic E-state index is 13.3. The molecule has 7 nitrogen and oxygen atoms in total. The molecule has 40 heavy (non-hydrogen) atoms. The number of ether oxygens (including phenoxy) is 1. The number of carbonyl (C=O) groups is 2. The third kappa shape index (κ3) is 5.69. The number of likely N-dealkylation sites (tertiary alicyclic amines) is 1. The maximum Gasteiger partial charge on any atom is 0.410 e. The number of hydrogen-bond donors (Lipinski definition) is 0. The van der Waals surface area contributed by atoms with Gasteiger partial charge in [0.1, 0.15) is 6.61 Å². The van der Waals surface area contributed by atoms with Crippen LogP contribution in [-0.4, -0.2) is 44.0 Å². The first kappa shape index (κ1) is 25.6. The van der Waals surface area contributed by atoms with Gasteiger partial charge in [0.05, 0.1) is 18.6 Å². The van der Waals surface area contributed by atoms with Crippen molar-refractivity contribution in [2.75, 3.05) is 13.1 Å². The highest BCUT2D eigenvalue weighted by Crippen LogP contribution is 2.23. The predicted octanol–water partition coefficient (Wildman–Crippen LogP) is 6.17. The Morgan fingerprint density at radius 1 is 0.900 bits per heavy atom. The van der Waals surface area contributed by atoms with Crippen molar-refractivity contribution in [3.63, 3.8) is 0 Å². The lowest BCUT2D eigenvalue weighted by atomic mass is 9.97. The zero-order valence-corrected chi connectivity index (χ0v) is 22.4. The Morgan fingerprint density at radius 2 is 1.68 bits per heavy atom. The van der Waals surface area contributed by atoms with Gasteiger partial charge in [0.15, 0.2) is 5.78 Å². The van der Waals surface area contributed by atoms with Crippen molar-refractivity contribution in [2.24, 2.45) is 5.92 Å². The van der Waals surface area contributed by atoms with Gasteiger partial charge in [-0.25, -0.2) is 9.78 Å². The maximum atomic E-state index is 13.3. The minimum absolute atomic E-state index is 0.0260. The van der Waals surface area contributed by atoms with E-state index in [4.69, 9.17) is 4.74 Å². The number of imidazole rings is 1. The van der Waals surface area contributed by atoms with Crippen molar-refractivity contribution in [1.82, 2.24) is 19.0 Å². The second-order valence-corrected chi connectivity index (χ2v) is 10.4. The molecule has 0 atom stereocenters. The van der Waals surface area contributed by atoms with Crippen LogP contribution < -0.4 is 0 Å². The summed E-state index contributed by atoms with van der Waals surface area (Å²) in [5, 5.41) is 2.03. The first-order valence-corrected chi connectivity index (χ1v) is 13.8. The molecule has 0 N–H and O–H groups in total. The number of amides is 1. The average molecular weight is 533 g/mol. The molecule has 0 spiro atoms. The van der Waals surface area contributed by atoms with Gasteiger partial charge in [-0.2, -0.15) is 0 Å². The summed E-state index contributed by atoms with van der Waals surface area (Å²) in [6.07, 6.45) is 9.24. The molecule has 1 saturated heterocycles. The molecular weight excluding hydrogens is 500 g/mol. The summed E-state index contributed by atoms with van der Waals surface area (Å²) in [6, 6.07) is 25.5. The van der Waals surface area contributed by atoms with Gasteiger partial charge in [-0.05, 0) is 41.2 Å². The summed E-state index contributed by atoms with van der Waals surface area (Å²) in [4.78, 5) is 32.1. The quantitative estimate of drug-likeness (QED) is 0.224. The van der Waals surface area contributed by atoms with Crippen molar-refractivity contribution in [1.29, 1.82) is 0 Å². The van der Waals surface area contributed by atoms with Gasteiger partial charge in [-0.1, -0.05) is 72.8 Å². The Kier molecular flexibility index (Phi) is 7.44. The fraction of sp³-hybridized carbons (Fsp3) is 0.242. The summed E-state index contributed by atoms with van der Waals surface area (Å²) in [5.74, 6) is 0.484. The number of nitrogens with zero attached hydrogens (tertiary/aromatic N) is 4. The van der Waals surface area contributed by atoms with E-state index >= 15 is 0 Å². The van der Waals surface area contributed by atoms with E-state index in [2.05, 4.69) is 9.55 Å². The number of benzene rings is 3. The molecule has 3 aromatic carbocycles. The Bertz CT molecular complexity index is 1610. The lowest BCUT2D eigenvalue weighted by molar-refractivity contribution is 0.0806. The molecule has 7 heteroatoms. The van der Waals surface area contributed by atoms with Crippen molar-refractivity contribution in [3.05, 3.63) is 126 Å². The zero-order valence-electron chi connectivity index (χ0n) is 22.4. The van der Waals surface area contributed by atoms with Crippen LogP contribution in [0.2, 0.25) is 0 Å². The Labute approximate surface area is 233 Å². The van der Waals surface area contributed by atoms with Crippen LogP contribution in [0, 0.1) is 5.92 Å². The van der Waals surface area contributed by atoms with E-state index in [0.717, 1.165) is 47.0 Å². The summed E-state index contributed by atoms with van der Waals surface area (Å²) in [7, 11) is 0. The third-order valence-corrected chi connectivity index (χ3v) is 7.72. The monoisotopic (exact) mass is 532 g/mol. The van der Waals surface area contributed by atoms with Crippen molar-refractivity contribution < 1.29 is 14.3 Å². The van der Waals surface area contributed by atoms with Crippen LogP contribution in [0.5, 0.6) is 0 Å². The molecule has 1 amide bonds. The van der Waals surface area contributed by atoms with Crippen molar-refractivity contribution in [3.8, 4) is 0 Å². The lowest BCUT2D eigenvalue weighted by Gasteiger charge is -2.31. The number of aromatic nitrogens is 3. The first-order chi connectivity index (χ1) is 19.6. The first-order valence-electron chi connectivity index (χ1n) is 13.8. The molecule has 0 unspecified atom stereocenters. The largest absolute Gasteiger partial charge is 0.445 e. The summed E-state index contributed by atoms with van der Waals surface area (Å²) >= 11 is 0. The zero-order chi connectivity index (χ0) is 27.3. The van der Waals surface area contributed by atoms with Crippen LogP contribution in [0.1, 0.15) is 40.0 Å². The van der Waals surface area contributed by atoms with Crippen LogP contribution in [0.4, 0.5) is 4.79 Å². The smallest absolute Gasteiger partial charge is 0.410 e. The molecule has 0 aliphatic carbocycles. The fourth-order valence-electron chi connectivity index (χ4n) is 5.47. The molecule has 0 radical (unpaired) electrons. The number of fused-ring (bicyclic) bond motifs is 1. The Morgan fingerprint density at radius 3 is 2.52 bits per heavy atom. The second kappa shape index (κ2) is 11.6. The van der Waals surface area contributed by atoms with E-state index in [0.29, 0.717) is 37.7 Å². The number of hydrogen-bond acceptors (Lipinski definition) is 4. The van der Waals surface area contributed by atoms with Gasteiger partial charge in [0.25, 0.3) is 0 Å². The molecule has 1 aliphatic heterocycles. The molecule has 1 fully saturated rings. The number of piperidine rings is 1. The molecule has 0 saturated carbocycles.